The number of piperazine rings is 1. The molecule has 5 rings (SSSR count). The molecule has 1 saturated heterocycles. The Bertz CT molecular complexity index is 1300. The topological polar surface area (TPSA) is 69.5 Å². The number of fused-ring (bicyclic) bond motifs is 1. The first-order valence-electron chi connectivity index (χ1n) is 13.5. The Hall–Kier alpha value is -3.13. The van der Waals surface area contributed by atoms with Crippen molar-refractivity contribution in [2.24, 2.45) is 11.8 Å². The number of hydrogen-bond donors (Lipinski definition) is 1. The van der Waals surface area contributed by atoms with Crippen LogP contribution in [0.25, 0.3) is 11.0 Å². The van der Waals surface area contributed by atoms with Gasteiger partial charge in [0, 0.05) is 63.2 Å². The van der Waals surface area contributed by atoms with Gasteiger partial charge in [-0.25, -0.2) is 4.98 Å². The van der Waals surface area contributed by atoms with E-state index in [-0.39, 0.29) is 11.4 Å². The van der Waals surface area contributed by atoms with Gasteiger partial charge < -0.3 is 24.6 Å². The Labute approximate surface area is 220 Å². The molecule has 2 aliphatic rings. The van der Waals surface area contributed by atoms with Crippen LogP contribution in [0.1, 0.15) is 49.7 Å². The third-order valence-electron chi connectivity index (χ3n) is 8.71. The van der Waals surface area contributed by atoms with E-state index in [4.69, 9.17) is 4.98 Å². The predicted octanol–water partition coefficient (Wildman–Crippen LogP) is 4.72. The third-order valence-corrected chi connectivity index (χ3v) is 8.71. The van der Waals surface area contributed by atoms with Crippen LogP contribution in [-0.2, 0) is 5.54 Å². The molecule has 1 aliphatic carbocycles. The molecule has 0 radical (unpaired) electrons. The van der Waals surface area contributed by atoms with E-state index in [0.717, 1.165) is 55.7 Å². The van der Waals surface area contributed by atoms with E-state index >= 15 is 0 Å². The van der Waals surface area contributed by atoms with Crippen molar-refractivity contribution < 1.29 is 4.79 Å². The summed E-state index contributed by atoms with van der Waals surface area (Å²) in [5.74, 6) is 1.39. The summed E-state index contributed by atoms with van der Waals surface area (Å²) in [6.45, 7) is 13.2. The fraction of sp³-hybridized carbons (Fsp3) is 0.552. The average molecular weight is 504 g/mol. The Morgan fingerprint density at radius 2 is 1.89 bits per heavy atom. The third kappa shape index (κ3) is 4.35. The van der Waals surface area contributed by atoms with Crippen LogP contribution in [-0.4, -0.2) is 77.6 Å². The van der Waals surface area contributed by atoms with Gasteiger partial charge in [-0.05, 0) is 68.5 Å². The highest BCUT2D eigenvalue weighted by molar-refractivity contribution is 5.98. The first-order valence-corrected chi connectivity index (χ1v) is 13.5. The second-order valence-corrected chi connectivity index (χ2v) is 11.5. The van der Waals surface area contributed by atoms with Crippen LogP contribution in [0.3, 0.4) is 0 Å². The highest BCUT2D eigenvalue weighted by Gasteiger charge is 2.50. The van der Waals surface area contributed by atoms with Crippen molar-refractivity contribution in [3.05, 3.63) is 41.7 Å². The van der Waals surface area contributed by atoms with Gasteiger partial charge in [0.15, 0.2) is 0 Å². The number of carbonyl (C=O) groups excluding carboxylic acids is 1. The van der Waals surface area contributed by atoms with Gasteiger partial charge in [-0.15, -0.1) is 0 Å². The number of rotatable bonds is 6. The molecule has 2 atom stereocenters. The van der Waals surface area contributed by atoms with Gasteiger partial charge in [-0.3, -0.25) is 4.79 Å². The Morgan fingerprint density at radius 1 is 1.16 bits per heavy atom. The molecule has 3 heterocycles. The molecular formula is C29H41N7O. The van der Waals surface area contributed by atoms with Crippen molar-refractivity contribution in [1.82, 2.24) is 24.3 Å². The van der Waals surface area contributed by atoms with Gasteiger partial charge in [0.05, 0.1) is 5.54 Å². The second kappa shape index (κ2) is 9.63. The van der Waals surface area contributed by atoms with Gasteiger partial charge in [0.2, 0.25) is 5.95 Å². The minimum Gasteiger partial charge on any atom is -0.369 e. The number of aromatic nitrogens is 3. The summed E-state index contributed by atoms with van der Waals surface area (Å²) in [5, 5.41) is 4.33. The van der Waals surface area contributed by atoms with E-state index in [1.165, 1.54) is 11.3 Å². The van der Waals surface area contributed by atoms with Crippen LogP contribution >= 0.6 is 0 Å². The van der Waals surface area contributed by atoms with Crippen LogP contribution in [0, 0.1) is 18.8 Å². The van der Waals surface area contributed by atoms with Gasteiger partial charge in [-0.2, -0.15) is 4.98 Å². The van der Waals surface area contributed by atoms with E-state index in [1.807, 2.05) is 26.4 Å². The molecule has 8 nitrogen and oxygen atoms in total. The molecule has 37 heavy (non-hydrogen) atoms. The normalized spacial score (nSPS) is 22.4. The molecular weight excluding hydrogens is 462 g/mol. The fourth-order valence-corrected chi connectivity index (χ4v) is 6.30. The maximum Gasteiger partial charge on any atom is 0.270 e. The SMILES string of the molecule is Cc1cc(Nc2ncc3cc(C(=O)N(C)C)n(C4(C(C)C)CC[C@H]4C)c3n2)ccc1N1CCN(C)CC1. The van der Waals surface area contributed by atoms with Crippen molar-refractivity contribution >= 4 is 34.3 Å². The monoisotopic (exact) mass is 503 g/mol. The summed E-state index contributed by atoms with van der Waals surface area (Å²) in [5.41, 5.74) is 4.88. The molecule has 2 aromatic heterocycles. The largest absolute Gasteiger partial charge is 0.369 e. The first kappa shape index (κ1) is 25.5. The maximum atomic E-state index is 13.3. The van der Waals surface area contributed by atoms with Gasteiger partial charge in [0.1, 0.15) is 11.3 Å². The van der Waals surface area contributed by atoms with Gasteiger partial charge >= 0.3 is 0 Å². The summed E-state index contributed by atoms with van der Waals surface area (Å²) in [7, 11) is 5.80. The number of nitrogens with one attached hydrogen (secondary N) is 1. The van der Waals surface area contributed by atoms with Crippen LogP contribution in [0.4, 0.5) is 17.3 Å². The summed E-state index contributed by atoms with van der Waals surface area (Å²) in [6, 6.07) is 8.44. The van der Waals surface area contributed by atoms with Crippen molar-refractivity contribution in [3.63, 3.8) is 0 Å². The highest BCUT2D eigenvalue weighted by atomic mass is 16.2. The van der Waals surface area contributed by atoms with Crippen molar-refractivity contribution in [2.75, 3.05) is 57.5 Å². The molecule has 8 heteroatoms. The molecule has 1 saturated carbocycles. The molecule has 1 aliphatic heterocycles. The van der Waals surface area contributed by atoms with E-state index in [9.17, 15) is 4.79 Å². The number of aryl methyl sites for hydroxylation is 1. The predicted molar refractivity (Wildman–Crippen MR) is 151 cm³/mol. The van der Waals surface area contributed by atoms with Crippen molar-refractivity contribution in [2.45, 2.75) is 46.1 Å². The zero-order chi connectivity index (χ0) is 26.5. The van der Waals surface area contributed by atoms with Crippen LogP contribution in [0.5, 0.6) is 0 Å². The molecule has 198 valence electrons. The first-order chi connectivity index (χ1) is 17.6. The number of hydrogen-bond acceptors (Lipinski definition) is 6. The van der Waals surface area contributed by atoms with Crippen LogP contribution in [0.15, 0.2) is 30.5 Å². The van der Waals surface area contributed by atoms with E-state index in [2.05, 4.69) is 77.6 Å². The molecule has 1 aromatic carbocycles. The Kier molecular flexibility index (Phi) is 6.64. The molecule has 2 fully saturated rings. The Morgan fingerprint density at radius 3 is 2.46 bits per heavy atom. The lowest BCUT2D eigenvalue weighted by Gasteiger charge is -2.53. The quantitative estimate of drug-likeness (QED) is 0.525. The van der Waals surface area contributed by atoms with E-state index in [0.29, 0.717) is 23.5 Å². The summed E-state index contributed by atoms with van der Waals surface area (Å²) >= 11 is 0. The maximum absolute atomic E-state index is 13.3. The lowest BCUT2D eigenvalue weighted by atomic mass is 9.61. The second-order valence-electron chi connectivity index (χ2n) is 11.5. The number of benzene rings is 1. The molecule has 3 aromatic rings. The number of amides is 1. The van der Waals surface area contributed by atoms with E-state index in [1.54, 1.807) is 4.90 Å². The fourth-order valence-electron chi connectivity index (χ4n) is 6.30. The zero-order valence-corrected chi connectivity index (χ0v) is 23.4. The lowest BCUT2D eigenvalue weighted by Crippen LogP contribution is -2.53. The Balaban J connectivity index is 1.51. The lowest BCUT2D eigenvalue weighted by molar-refractivity contribution is 0.00799. The minimum absolute atomic E-state index is 0.00162. The standard InChI is InChI=1S/C29H41N7O/c1-19(2)29(11-10-21(29)4)36-25(27(37)33(5)6)17-22-18-30-28(32-26(22)36)31-23-8-9-24(20(3)16-23)35-14-12-34(7)13-15-35/h8-9,16-19,21H,10-15H2,1-7H3,(H,30,31,32)/t21-,29?/m1/s1. The minimum atomic E-state index is -0.130. The smallest absolute Gasteiger partial charge is 0.270 e. The summed E-state index contributed by atoms with van der Waals surface area (Å²) in [6.07, 6.45) is 4.04. The van der Waals surface area contributed by atoms with Crippen LogP contribution < -0.4 is 10.2 Å². The molecule has 1 unspecified atom stereocenters. The molecule has 0 spiro atoms. The number of anilines is 3. The number of likely N-dealkylation sites (N-methyl/N-ethyl adjacent to an activating group) is 1. The molecule has 1 N–H and O–H groups in total. The summed E-state index contributed by atoms with van der Waals surface area (Å²) < 4.78 is 2.23. The number of nitrogens with zero attached hydrogens (tertiary/aromatic N) is 6. The van der Waals surface area contributed by atoms with E-state index < -0.39 is 0 Å². The van der Waals surface area contributed by atoms with Gasteiger partial charge in [-0.1, -0.05) is 20.8 Å². The number of carbonyl (C=O) groups is 1. The van der Waals surface area contributed by atoms with Crippen LogP contribution in [0.2, 0.25) is 0 Å². The molecule has 1 amide bonds. The average Bonchev–Trinajstić information content (AvgIpc) is 3.22. The van der Waals surface area contributed by atoms with Crippen molar-refractivity contribution in [1.29, 1.82) is 0 Å². The molecule has 0 bridgehead atoms. The van der Waals surface area contributed by atoms with Gasteiger partial charge in [0.25, 0.3) is 5.91 Å². The zero-order valence-electron chi connectivity index (χ0n) is 23.4. The highest BCUT2D eigenvalue weighted by Crippen LogP contribution is 2.52. The summed E-state index contributed by atoms with van der Waals surface area (Å²) in [4.78, 5) is 29.4. The van der Waals surface area contributed by atoms with Crippen molar-refractivity contribution in [3.8, 4) is 0 Å².